The van der Waals surface area contributed by atoms with E-state index in [9.17, 15) is 15.1 Å². The molecule has 1 aliphatic carbocycles. The molecule has 6 rings (SSSR count). The summed E-state index contributed by atoms with van der Waals surface area (Å²) >= 11 is 7.56. The molecule has 186 valence electrons. The van der Waals surface area contributed by atoms with Crippen molar-refractivity contribution in [2.45, 2.75) is 24.9 Å². The van der Waals surface area contributed by atoms with Gasteiger partial charge in [-0.2, -0.15) is 9.41 Å². The van der Waals surface area contributed by atoms with Gasteiger partial charge in [0.05, 0.1) is 18.5 Å². The Labute approximate surface area is 219 Å². The Morgan fingerprint density at radius 2 is 2.16 bits per heavy atom. The Bertz CT molecular complexity index is 1610. The van der Waals surface area contributed by atoms with E-state index >= 15 is 0 Å². The number of nitrogens with zero attached hydrogens (tertiary/aromatic N) is 6. The van der Waals surface area contributed by atoms with Crippen LogP contribution in [0, 0.1) is 5.21 Å². The second kappa shape index (κ2) is 8.87. The first kappa shape index (κ1) is 23.5. The van der Waals surface area contributed by atoms with Crippen molar-refractivity contribution in [1.29, 1.82) is 0 Å². The number of halogens is 1. The van der Waals surface area contributed by atoms with Gasteiger partial charge in [0.15, 0.2) is 11.8 Å². The highest BCUT2D eigenvalue weighted by Gasteiger charge is 2.49. The molecule has 1 atom stereocenters. The SMILES string of the molecule is COC(=O)c1cc(C2=CN=C(C3(O)CCc4cc(-c5cc(Cl)ccc5-n5cnnn5)c[n+]([O-])c43)C2)cs1. The van der Waals surface area contributed by atoms with Crippen LogP contribution in [0.5, 0.6) is 0 Å². The number of esters is 1. The molecule has 0 amide bonds. The van der Waals surface area contributed by atoms with Crippen LogP contribution in [-0.4, -0.2) is 44.1 Å². The number of fused-ring (bicyclic) bond motifs is 1. The molecule has 1 unspecified atom stereocenters. The number of hydrogen-bond acceptors (Lipinski definition) is 9. The summed E-state index contributed by atoms with van der Waals surface area (Å²) in [6.07, 6.45) is 5.78. The van der Waals surface area contributed by atoms with Crippen molar-refractivity contribution in [2.75, 3.05) is 7.11 Å². The second-order valence-electron chi connectivity index (χ2n) is 8.80. The van der Waals surface area contributed by atoms with Crippen LogP contribution in [0.2, 0.25) is 5.02 Å². The summed E-state index contributed by atoms with van der Waals surface area (Å²) in [7, 11) is 1.34. The number of carbonyl (C=O) groups excluding carboxylic acids is 1. The average molecular weight is 535 g/mol. The van der Waals surface area contributed by atoms with Gasteiger partial charge in [0.1, 0.15) is 11.2 Å². The lowest BCUT2D eigenvalue weighted by molar-refractivity contribution is -0.619. The van der Waals surface area contributed by atoms with Crippen LogP contribution in [0.25, 0.3) is 22.4 Å². The van der Waals surface area contributed by atoms with Crippen LogP contribution in [0.1, 0.15) is 39.3 Å². The Morgan fingerprint density at radius 1 is 1.30 bits per heavy atom. The number of hydrogen-bond donors (Lipinski definition) is 1. The van der Waals surface area contributed by atoms with Crippen LogP contribution in [0.4, 0.5) is 0 Å². The molecule has 1 aliphatic heterocycles. The molecule has 0 bridgehead atoms. The quantitative estimate of drug-likeness (QED) is 0.236. The molecule has 0 spiro atoms. The number of tetrazole rings is 1. The van der Waals surface area contributed by atoms with Gasteiger partial charge in [0, 0.05) is 34.3 Å². The number of aromatic nitrogens is 5. The van der Waals surface area contributed by atoms with E-state index in [4.69, 9.17) is 16.3 Å². The lowest BCUT2D eigenvalue weighted by atomic mass is 9.89. The van der Waals surface area contributed by atoms with E-state index in [1.54, 1.807) is 30.5 Å². The van der Waals surface area contributed by atoms with Gasteiger partial charge >= 0.3 is 5.97 Å². The monoisotopic (exact) mass is 534 g/mol. The van der Waals surface area contributed by atoms with Crippen LogP contribution >= 0.6 is 22.9 Å². The first-order valence-electron chi connectivity index (χ1n) is 11.3. The van der Waals surface area contributed by atoms with Crippen molar-refractivity contribution >= 4 is 40.2 Å². The van der Waals surface area contributed by atoms with Crippen LogP contribution in [0.15, 0.2) is 59.4 Å². The third kappa shape index (κ3) is 3.91. The molecule has 37 heavy (non-hydrogen) atoms. The number of benzene rings is 1. The van der Waals surface area contributed by atoms with E-state index in [1.807, 2.05) is 11.4 Å². The fraction of sp³-hybridized carbons (Fsp3) is 0.200. The molecule has 0 saturated heterocycles. The number of pyridine rings is 1. The number of ether oxygens (including phenoxy) is 1. The predicted octanol–water partition coefficient (Wildman–Crippen LogP) is 3.48. The number of aliphatic hydroxyl groups is 1. The van der Waals surface area contributed by atoms with Crippen LogP contribution < -0.4 is 4.73 Å². The molecule has 1 N–H and O–H groups in total. The topological polar surface area (TPSA) is 129 Å². The molecule has 12 heteroatoms. The maximum atomic E-state index is 13.4. The van der Waals surface area contributed by atoms with Gasteiger partial charge < -0.3 is 15.1 Å². The van der Waals surface area contributed by atoms with E-state index in [0.29, 0.717) is 51.7 Å². The van der Waals surface area contributed by atoms with Crippen molar-refractivity contribution in [3.8, 4) is 16.8 Å². The first-order valence-corrected chi connectivity index (χ1v) is 12.6. The van der Waals surface area contributed by atoms with Gasteiger partial charge in [-0.15, -0.1) is 16.4 Å². The highest BCUT2D eigenvalue weighted by molar-refractivity contribution is 7.12. The van der Waals surface area contributed by atoms with Crippen molar-refractivity contribution in [3.63, 3.8) is 0 Å². The molecule has 4 aromatic rings. The van der Waals surface area contributed by atoms with Gasteiger partial charge in [0.2, 0.25) is 5.69 Å². The minimum Gasteiger partial charge on any atom is -0.618 e. The molecule has 3 aromatic heterocycles. The van der Waals surface area contributed by atoms with Gasteiger partial charge in [-0.25, -0.2) is 4.79 Å². The van der Waals surface area contributed by atoms with E-state index in [1.165, 1.54) is 35.7 Å². The Hall–Kier alpha value is -3.93. The maximum absolute atomic E-state index is 13.4. The summed E-state index contributed by atoms with van der Waals surface area (Å²) in [5.74, 6) is -0.398. The number of aliphatic imine (C=N–C) groups is 1. The fourth-order valence-electron chi connectivity index (χ4n) is 4.91. The first-order chi connectivity index (χ1) is 17.9. The normalized spacial score (nSPS) is 18.5. The molecule has 1 aromatic carbocycles. The highest BCUT2D eigenvalue weighted by atomic mass is 35.5. The standard InChI is InChI=1S/C25H19ClN6O4S/c1-36-24(33)21-7-17(12-37-21)15-8-22(27-10-15)25(34)5-4-14-6-16(11-32(35)23(14)25)19-9-18(26)2-3-20(19)31-13-28-29-30-31/h2-3,6-7,9-13,34H,4-5,8H2,1H3. The minimum absolute atomic E-state index is 0.274. The van der Waals surface area contributed by atoms with Crippen molar-refractivity contribution < 1.29 is 19.4 Å². The minimum atomic E-state index is -1.50. The number of allylic oxidation sites excluding steroid dienone is 1. The maximum Gasteiger partial charge on any atom is 0.348 e. The van der Waals surface area contributed by atoms with Crippen LogP contribution in [0.3, 0.4) is 0 Å². The van der Waals surface area contributed by atoms with Gasteiger partial charge in [-0.1, -0.05) is 11.6 Å². The van der Waals surface area contributed by atoms with Gasteiger partial charge in [-0.05, 0) is 70.1 Å². The Morgan fingerprint density at radius 3 is 2.95 bits per heavy atom. The van der Waals surface area contributed by atoms with Crippen LogP contribution in [-0.2, 0) is 16.8 Å². The molecular weight excluding hydrogens is 516 g/mol. The zero-order valence-corrected chi connectivity index (χ0v) is 21.0. The smallest absolute Gasteiger partial charge is 0.348 e. The molecule has 4 heterocycles. The van der Waals surface area contributed by atoms with E-state index in [2.05, 4.69) is 20.5 Å². The van der Waals surface area contributed by atoms with E-state index < -0.39 is 11.6 Å². The molecular formula is C25H19ClN6O4S. The Balaban J connectivity index is 1.32. The molecule has 0 radical (unpaired) electrons. The molecule has 2 aliphatic rings. The van der Waals surface area contributed by atoms with Crippen molar-refractivity contribution in [3.05, 3.63) is 86.4 Å². The van der Waals surface area contributed by atoms with Crippen molar-refractivity contribution in [2.24, 2.45) is 4.99 Å². The summed E-state index contributed by atoms with van der Waals surface area (Å²) in [4.78, 5) is 16.8. The van der Waals surface area contributed by atoms with Gasteiger partial charge in [0.25, 0.3) is 0 Å². The third-order valence-electron chi connectivity index (χ3n) is 6.69. The molecule has 0 fully saturated rings. The number of thiophene rings is 1. The number of methoxy groups -OCH3 is 1. The fourth-order valence-corrected chi connectivity index (χ4v) is 5.93. The van der Waals surface area contributed by atoms with E-state index in [-0.39, 0.29) is 5.69 Å². The summed E-state index contributed by atoms with van der Waals surface area (Å²) < 4.78 is 7.01. The Kier molecular flexibility index (Phi) is 5.63. The lowest BCUT2D eigenvalue weighted by Crippen LogP contribution is -2.45. The summed E-state index contributed by atoms with van der Waals surface area (Å²) in [5, 5.41) is 38.8. The summed E-state index contributed by atoms with van der Waals surface area (Å²) in [6.45, 7) is 0. The average Bonchev–Trinajstić information content (AvgIpc) is 3.70. The largest absolute Gasteiger partial charge is 0.618 e. The van der Waals surface area contributed by atoms with Gasteiger partial charge in [-0.3, -0.25) is 4.99 Å². The van der Waals surface area contributed by atoms with Crippen molar-refractivity contribution in [1.82, 2.24) is 20.2 Å². The zero-order chi connectivity index (χ0) is 25.7. The second-order valence-corrected chi connectivity index (χ2v) is 10.2. The highest BCUT2D eigenvalue weighted by Crippen LogP contribution is 2.42. The lowest BCUT2D eigenvalue weighted by Gasteiger charge is -2.23. The number of carbonyl (C=O) groups is 1. The zero-order valence-electron chi connectivity index (χ0n) is 19.5. The number of rotatable bonds is 5. The predicted molar refractivity (Wildman–Crippen MR) is 136 cm³/mol. The molecule has 10 nitrogen and oxygen atoms in total. The molecule has 0 saturated carbocycles. The third-order valence-corrected chi connectivity index (χ3v) is 7.84. The summed E-state index contributed by atoms with van der Waals surface area (Å²) in [5.41, 5.74) is 3.70. The summed E-state index contributed by atoms with van der Waals surface area (Å²) in [6, 6.07) is 8.91. The number of aryl methyl sites for hydroxylation is 1. The van der Waals surface area contributed by atoms with E-state index in [0.717, 1.165) is 21.4 Å².